The number of ether oxygens (including phenoxy) is 1. The molecule has 0 fully saturated rings. The molecule has 1 aromatic carbocycles. The van der Waals surface area contributed by atoms with Gasteiger partial charge in [0, 0.05) is 37.0 Å². The van der Waals surface area contributed by atoms with Crippen molar-refractivity contribution in [3.8, 4) is 0 Å². The predicted molar refractivity (Wildman–Crippen MR) is 77.4 cm³/mol. The van der Waals surface area contributed by atoms with Gasteiger partial charge in [-0.3, -0.25) is 0 Å². The normalized spacial score (nSPS) is 12.6. The fourth-order valence-corrected chi connectivity index (χ4v) is 2.15. The number of carbonyl (C=O) groups is 1. The summed E-state index contributed by atoms with van der Waals surface area (Å²) < 4.78 is 19.1. The first kappa shape index (κ1) is 16.2. The van der Waals surface area contributed by atoms with Gasteiger partial charge in [-0.1, -0.05) is 6.07 Å². The quantitative estimate of drug-likeness (QED) is 0.781. The molecule has 0 spiro atoms. The summed E-state index contributed by atoms with van der Waals surface area (Å²) >= 11 is 0. The van der Waals surface area contributed by atoms with Gasteiger partial charge in [0.05, 0.1) is 6.61 Å². The highest BCUT2D eigenvalue weighted by Gasteiger charge is 2.17. The lowest BCUT2D eigenvalue weighted by Crippen LogP contribution is -2.36. The first-order valence-corrected chi connectivity index (χ1v) is 6.46. The Morgan fingerprint density at radius 3 is 2.80 bits per heavy atom. The van der Waals surface area contributed by atoms with E-state index in [-0.39, 0.29) is 11.6 Å². The maximum atomic E-state index is 13.9. The van der Waals surface area contributed by atoms with E-state index in [0.717, 1.165) is 6.08 Å². The van der Waals surface area contributed by atoms with Crippen LogP contribution < -0.4 is 4.90 Å². The lowest BCUT2D eigenvalue weighted by atomic mass is 10.1. The number of nitrogens with zero attached hydrogens (tertiary/aromatic N) is 1. The summed E-state index contributed by atoms with van der Waals surface area (Å²) in [4.78, 5) is 12.6. The van der Waals surface area contributed by atoms with Crippen molar-refractivity contribution in [3.05, 3.63) is 35.7 Å². The molecule has 0 amide bonds. The molecular formula is C15H20FNO3. The molecule has 0 aliphatic carbocycles. The zero-order valence-electron chi connectivity index (χ0n) is 12.0. The molecule has 0 aromatic heterocycles. The third kappa shape index (κ3) is 4.06. The van der Waals surface area contributed by atoms with Gasteiger partial charge >= 0.3 is 5.97 Å². The Kier molecular flexibility index (Phi) is 6.18. The lowest BCUT2D eigenvalue weighted by molar-refractivity contribution is -0.131. The fourth-order valence-electron chi connectivity index (χ4n) is 2.15. The van der Waals surface area contributed by atoms with E-state index in [2.05, 4.69) is 0 Å². The van der Waals surface area contributed by atoms with E-state index >= 15 is 0 Å². The van der Waals surface area contributed by atoms with Gasteiger partial charge in [-0.15, -0.1) is 0 Å². The second-order valence-corrected chi connectivity index (χ2v) is 4.43. The maximum Gasteiger partial charge on any atom is 0.328 e. The van der Waals surface area contributed by atoms with Crippen LogP contribution in [-0.4, -0.2) is 37.4 Å². The van der Waals surface area contributed by atoms with Crippen LogP contribution in [0.3, 0.4) is 0 Å². The Balaban J connectivity index is 3.21. The summed E-state index contributed by atoms with van der Waals surface area (Å²) in [5, 5.41) is 8.70. The largest absolute Gasteiger partial charge is 0.478 e. The number of benzene rings is 1. The summed E-state index contributed by atoms with van der Waals surface area (Å²) in [6, 6.07) is 4.77. The summed E-state index contributed by atoms with van der Waals surface area (Å²) in [7, 11) is 1.61. The lowest BCUT2D eigenvalue weighted by Gasteiger charge is -2.31. The van der Waals surface area contributed by atoms with E-state index in [0.29, 0.717) is 18.8 Å². The van der Waals surface area contributed by atoms with Gasteiger partial charge in [0.1, 0.15) is 5.82 Å². The van der Waals surface area contributed by atoms with E-state index in [1.807, 2.05) is 18.7 Å². The predicted octanol–water partition coefficient (Wildman–Crippen LogP) is 2.78. The van der Waals surface area contributed by atoms with Gasteiger partial charge in [-0.2, -0.15) is 0 Å². The molecule has 4 nitrogen and oxygen atoms in total. The Morgan fingerprint density at radius 2 is 2.25 bits per heavy atom. The van der Waals surface area contributed by atoms with Crippen molar-refractivity contribution in [2.45, 2.75) is 19.9 Å². The van der Waals surface area contributed by atoms with Crippen LogP contribution in [0.2, 0.25) is 0 Å². The molecule has 1 atom stereocenters. The number of methoxy groups -OCH3 is 1. The number of rotatable bonds is 7. The van der Waals surface area contributed by atoms with Gasteiger partial charge in [0.2, 0.25) is 0 Å². The monoisotopic (exact) mass is 281 g/mol. The van der Waals surface area contributed by atoms with Crippen molar-refractivity contribution < 1.29 is 19.0 Å². The molecule has 110 valence electrons. The average Bonchev–Trinajstić information content (AvgIpc) is 2.39. The summed E-state index contributed by atoms with van der Waals surface area (Å²) in [5.74, 6) is -1.55. The number of carboxylic acids is 1. The fraction of sp³-hybridized carbons (Fsp3) is 0.400. The van der Waals surface area contributed by atoms with Crippen molar-refractivity contribution in [1.82, 2.24) is 0 Å². The van der Waals surface area contributed by atoms with Crippen LogP contribution in [0.15, 0.2) is 24.3 Å². The topological polar surface area (TPSA) is 49.8 Å². The molecule has 1 unspecified atom stereocenters. The number of halogens is 1. The van der Waals surface area contributed by atoms with Gasteiger partial charge in [0.25, 0.3) is 0 Å². The van der Waals surface area contributed by atoms with Crippen LogP contribution >= 0.6 is 0 Å². The molecular weight excluding hydrogens is 261 g/mol. The minimum absolute atomic E-state index is 0.0591. The Labute approximate surface area is 118 Å². The Morgan fingerprint density at radius 1 is 1.55 bits per heavy atom. The van der Waals surface area contributed by atoms with E-state index < -0.39 is 11.8 Å². The number of aliphatic carboxylic acids is 1. The molecule has 1 rings (SSSR count). The third-order valence-electron chi connectivity index (χ3n) is 3.01. The van der Waals surface area contributed by atoms with E-state index in [1.54, 1.807) is 19.2 Å². The third-order valence-corrected chi connectivity index (χ3v) is 3.01. The minimum Gasteiger partial charge on any atom is -0.478 e. The van der Waals surface area contributed by atoms with Gasteiger partial charge in [-0.25, -0.2) is 9.18 Å². The standard InChI is InChI=1S/C15H20FNO3/c1-4-17(11(2)10-20-3)14-7-5-6-13(16)12(14)8-9-15(18)19/h5-9,11H,4,10H2,1-3H3,(H,18,19)/b9-8+. The van der Waals surface area contributed by atoms with E-state index in [9.17, 15) is 9.18 Å². The zero-order valence-corrected chi connectivity index (χ0v) is 12.0. The second-order valence-electron chi connectivity index (χ2n) is 4.43. The SMILES string of the molecule is CCN(c1cccc(F)c1/C=C/C(=O)O)C(C)COC. The van der Waals surface area contributed by atoms with Crippen LogP contribution in [0, 0.1) is 5.82 Å². The van der Waals surface area contributed by atoms with Crippen LogP contribution in [0.25, 0.3) is 6.08 Å². The zero-order chi connectivity index (χ0) is 15.1. The van der Waals surface area contributed by atoms with Crippen LogP contribution in [0.5, 0.6) is 0 Å². The van der Waals surface area contributed by atoms with Crippen molar-refractivity contribution in [2.24, 2.45) is 0 Å². The second kappa shape index (κ2) is 7.65. The highest BCUT2D eigenvalue weighted by Crippen LogP contribution is 2.26. The molecule has 0 saturated heterocycles. The molecule has 0 heterocycles. The molecule has 1 N–H and O–H groups in total. The molecule has 0 radical (unpaired) electrons. The molecule has 1 aromatic rings. The highest BCUT2D eigenvalue weighted by molar-refractivity contribution is 5.87. The number of anilines is 1. The number of carboxylic acid groups (broad SMARTS) is 1. The average molecular weight is 281 g/mol. The van der Waals surface area contributed by atoms with Gasteiger partial charge in [-0.05, 0) is 32.1 Å². The van der Waals surface area contributed by atoms with Gasteiger partial charge in [0.15, 0.2) is 0 Å². The van der Waals surface area contributed by atoms with Crippen LogP contribution in [-0.2, 0) is 9.53 Å². The van der Waals surface area contributed by atoms with Crippen LogP contribution in [0.4, 0.5) is 10.1 Å². The van der Waals surface area contributed by atoms with E-state index in [4.69, 9.17) is 9.84 Å². The van der Waals surface area contributed by atoms with Crippen LogP contribution in [0.1, 0.15) is 19.4 Å². The first-order chi connectivity index (χ1) is 9.51. The minimum atomic E-state index is -1.10. The maximum absolute atomic E-state index is 13.9. The smallest absolute Gasteiger partial charge is 0.328 e. The number of hydrogen-bond donors (Lipinski definition) is 1. The molecule has 0 saturated carbocycles. The van der Waals surface area contributed by atoms with Crippen molar-refractivity contribution in [2.75, 3.05) is 25.2 Å². The summed E-state index contributed by atoms with van der Waals surface area (Å²) in [5.41, 5.74) is 0.939. The highest BCUT2D eigenvalue weighted by atomic mass is 19.1. The van der Waals surface area contributed by atoms with Crippen molar-refractivity contribution in [1.29, 1.82) is 0 Å². The molecule has 0 aliphatic heterocycles. The Hall–Kier alpha value is -1.88. The van der Waals surface area contributed by atoms with Gasteiger partial charge < -0.3 is 14.7 Å². The summed E-state index contributed by atoms with van der Waals surface area (Å²) in [6.07, 6.45) is 2.23. The summed E-state index contributed by atoms with van der Waals surface area (Å²) in [6.45, 7) is 5.11. The van der Waals surface area contributed by atoms with Crippen molar-refractivity contribution in [3.63, 3.8) is 0 Å². The molecule has 5 heteroatoms. The van der Waals surface area contributed by atoms with E-state index in [1.165, 1.54) is 12.1 Å². The molecule has 20 heavy (non-hydrogen) atoms. The first-order valence-electron chi connectivity index (χ1n) is 6.46. The molecule has 0 aliphatic rings. The number of likely N-dealkylation sites (N-methyl/N-ethyl adjacent to an activating group) is 1. The number of hydrogen-bond acceptors (Lipinski definition) is 3. The molecule has 0 bridgehead atoms. The van der Waals surface area contributed by atoms with Crippen molar-refractivity contribution >= 4 is 17.7 Å². The Bertz CT molecular complexity index is 488.